The molecule has 0 aromatic heterocycles. The zero-order chi connectivity index (χ0) is 17.3. The summed E-state index contributed by atoms with van der Waals surface area (Å²) in [6.07, 6.45) is -3.35. The summed E-state index contributed by atoms with van der Waals surface area (Å²) < 4.78 is 63.5. The zero-order valence-electron chi connectivity index (χ0n) is 11.8. The highest BCUT2D eigenvalue weighted by molar-refractivity contribution is 9.10. The highest BCUT2D eigenvalue weighted by Crippen LogP contribution is 2.34. The van der Waals surface area contributed by atoms with Gasteiger partial charge in [-0.05, 0) is 32.0 Å². The second-order valence-electron chi connectivity index (χ2n) is 5.35. The summed E-state index contributed by atoms with van der Waals surface area (Å²) in [6.45, 7) is 2.15. The topological polar surface area (TPSA) is 84.0 Å². The molecular formula is C13H14BrF3N2O2S. The smallest absolute Gasteiger partial charge is 0.261 e. The van der Waals surface area contributed by atoms with E-state index in [0.29, 0.717) is 0 Å². The molecule has 2 N–H and O–H groups in total. The van der Waals surface area contributed by atoms with E-state index in [1.54, 1.807) is 0 Å². The van der Waals surface area contributed by atoms with E-state index in [1.165, 1.54) is 12.1 Å². The highest BCUT2D eigenvalue weighted by Gasteiger charge is 2.48. The number of nitriles is 1. The van der Waals surface area contributed by atoms with Crippen LogP contribution < -0.4 is 5.73 Å². The van der Waals surface area contributed by atoms with Gasteiger partial charge in [-0.2, -0.15) is 5.26 Å². The van der Waals surface area contributed by atoms with E-state index in [0.717, 1.165) is 26.0 Å². The van der Waals surface area contributed by atoms with Gasteiger partial charge < -0.3 is 5.73 Å². The minimum atomic E-state index is -4.34. The molecule has 0 heterocycles. The summed E-state index contributed by atoms with van der Waals surface area (Å²) in [5.74, 6) is -2.30. The molecule has 0 spiro atoms. The molecule has 1 aromatic rings. The van der Waals surface area contributed by atoms with Crippen LogP contribution in [0.1, 0.15) is 19.4 Å². The summed E-state index contributed by atoms with van der Waals surface area (Å²) >= 11 is 3.00. The largest absolute Gasteiger partial charge is 0.316 e. The molecule has 0 fully saturated rings. The number of halogens is 4. The van der Waals surface area contributed by atoms with Gasteiger partial charge in [0.05, 0.1) is 11.8 Å². The number of hydrogen-bond donors (Lipinski definition) is 1. The molecule has 0 amide bonds. The third kappa shape index (κ3) is 3.45. The molecule has 122 valence electrons. The Balaban J connectivity index is 3.48. The fraction of sp³-hybridized carbons (Fsp3) is 0.462. The minimum absolute atomic E-state index is 0.274. The maximum Gasteiger partial charge on any atom is 0.261 e. The summed E-state index contributed by atoms with van der Waals surface area (Å²) in [5, 5.41) is 8.90. The van der Waals surface area contributed by atoms with E-state index in [2.05, 4.69) is 15.9 Å². The lowest BCUT2D eigenvalue weighted by Gasteiger charge is -2.31. The van der Waals surface area contributed by atoms with Crippen molar-refractivity contribution >= 4 is 25.8 Å². The van der Waals surface area contributed by atoms with Gasteiger partial charge in [-0.25, -0.2) is 21.6 Å². The third-order valence-corrected chi connectivity index (χ3v) is 6.29. The van der Waals surface area contributed by atoms with Crippen molar-refractivity contribution in [1.29, 1.82) is 5.26 Å². The molecule has 1 atom stereocenters. The molecule has 1 aromatic carbocycles. The minimum Gasteiger partial charge on any atom is -0.316 e. The molecule has 0 aliphatic rings. The number of alkyl halides is 2. The van der Waals surface area contributed by atoms with Crippen LogP contribution in [0, 0.1) is 17.1 Å². The Kier molecular flexibility index (Phi) is 5.32. The van der Waals surface area contributed by atoms with E-state index in [1.807, 2.05) is 0 Å². The van der Waals surface area contributed by atoms with Crippen LogP contribution in [0.5, 0.6) is 0 Å². The fourth-order valence-electron chi connectivity index (χ4n) is 1.68. The van der Waals surface area contributed by atoms with Gasteiger partial charge in [0, 0.05) is 10.0 Å². The molecule has 0 bridgehead atoms. The van der Waals surface area contributed by atoms with Crippen LogP contribution >= 0.6 is 15.9 Å². The SMILES string of the molecule is CC(C)(C#N)S(=O)(=O)CC(N)(c1cc(Br)ccc1F)C(F)F. The summed E-state index contributed by atoms with van der Waals surface area (Å²) in [7, 11) is -4.34. The van der Waals surface area contributed by atoms with Crippen molar-refractivity contribution in [3.63, 3.8) is 0 Å². The van der Waals surface area contributed by atoms with Crippen molar-refractivity contribution in [2.45, 2.75) is 30.6 Å². The van der Waals surface area contributed by atoms with Crippen LogP contribution in [0.25, 0.3) is 0 Å². The molecule has 0 saturated heterocycles. The predicted octanol–water partition coefficient (Wildman–Crippen LogP) is 2.72. The van der Waals surface area contributed by atoms with E-state index in [9.17, 15) is 21.6 Å². The standard InChI is InChI=1S/C13H14BrF3N2O2S/c1-12(2,6-18)22(20,21)7-13(19,11(16)17)9-5-8(14)3-4-10(9)15/h3-5,11H,7,19H2,1-2H3. The van der Waals surface area contributed by atoms with Gasteiger partial charge in [0.2, 0.25) is 0 Å². The second kappa shape index (κ2) is 6.18. The van der Waals surface area contributed by atoms with Crippen LogP contribution in [0.3, 0.4) is 0 Å². The Labute approximate surface area is 135 Å². The van der Waals surface area contributed by atoms with Crippen molar-refractivity contribution in [2.24, 2.45) is 5.73 Å². The molecule has 0 radical (unpaired) electrons. The van der Waals surface area contributed by atoms with E-state index in [4.69, 9.17) is 11.0 Å². The van der Waals surface area contributed by atoms with Crippen molar-refractivity contribution in [1.82, 2.24) is 0 Å². The van der Waals surface area contributed by atoms with E-state index < -0.39 is 43.7 Å². The van der Waals surface area contributed by atoms with Gasteiger partial charge in [0.25, 0.3) is 6.43 Å². The third-order valence-electron chi connectivity index (χ3n) is 3.29. The maximum atomic E-state index is 13.9. The van der Waals surface area contributed by atoms with Crippen LogP contribution in [0.15, 0.2) is 22.7 Å². The van der Waals surface area contributed by atoms with Gasteiger partial charge in [-0.1, -0.05) is 15.9 Å². The van der Waals surface area contributed by atoms with Gasteiger partial charge in [-0.15, -0.1) is 0 Å². The molecule has 0 aliphatic heterocycles. The lowest BCUT2D eigenvalue weighted by Crippen LogP contribution is -2.53. The number of nitrogens with two attached hydrogens (primary N) is 1. The Hall–Kier alpha value is -1.11. The molecule has 9 heteroatoms. The highest BCUT2D eigenvalue weighted by atomic mass is 79.9. The Morgan fingerprint density at radius 3 is 2.41 bits per heavy atom. The van der Waals surface area contributed by atoms with Crippen LogP contribution in [0.4, 0.5) is 13.2 Å². The Morgan fingerprint density at radius 1 is 1.41 bits per heavy atom. The monoisotopic (exact) mass is 398 g/mol. The lowest BCUT2D eigenvalue weighted by atomic mass is 9.93. The number of nitrogens with zero attached hydrogens (tertiary/aromatic N) is 1. The van der Waals surface area contributed by atoms with Gasteiger partial charge in [0.15, 0.2) is 14.6 Å². The van der Waals surface area contributed by atoms with Gasteiger partial charge in [0.1, 0.15) is 11.4 Å². The van der Waals surface area contributed by atoms with E-state index in [-0.39, 0.29) is 4.47 Å². The number of hydrogen-bond acceptors (Lipinski definition) is 4. The Bertz CT molecular complexity index is 716. The average Bonchev–Trinajstić information content (AvgIpc) is 2.40. The van der Waals surface area contributed by atoms with Gasteiger partial charge in [-0.3, -0.25) is 0 Å². The number of rotatable bonds is 5. The van der Waals surface area contributed by atoms with Crippen LogP contribution in [-0.2, 0) is 15.4 Å². The summed E-state index contributed by atoms with van der Waals surface area (Å²) in [4.78, 5) is 0. The second-order valence-corrected chi connectivity index (χ2v) is 8.80. The summed E-state index contributed by atoms with van der Waals surface area (Å²) in [5.41, 5.74) is 2.18. The first kappa shape index (κ1) is 18.9. The predicted molar refractivity (Wildman–Crippen MR) is 79.4 cm³/mol. The summed E-state index contributed by atoms with van der Waals surface area (Å²) in [6, 6.07) is 4.72. The fourth-order valence-corrected chi connectivity index (χ4v) is 3.45. The molecule has 22 heavy (non-hydrogen) atoms. The number of sulfone groups is 1. The molecule has 0 saturated carbocycles. The van der Waals surface area contributed by atoms with Gasteiger partial charge >= 0.3 is 0 Å². The molecule has 0 aliphatic carbocycles. The maximum absolute atomic E-state index is 13.9. The van der Waals surface area contributed by atoms with Crippen LogP contribution in [-0.4, -0.2) is 25.3 Å². The van der Waals surface area contributed by atoms with E-state index >= 15 is 0 Å². The van der Waals surface area contributed by atoms with Crippen LogP contribution in [0.2, 0.25) is 0 Å². The van der Waals surface area contributed by atoms with Crippen molar-refractivity contribution < 1.29 is 21.6 Å². The zero-order valence-corrected chi connectivity index (χ0v) is 14.2. The van der Waals surface area contributed by atoms with Crippen molar-refractivity contribution in [3.05, 3.63) is 34.1 Å². The normalized spacial score (nSPS) is 15.4. The quantitative estimate of drug-likeness (QED) is 0.826. The van der Waals surface area contributed by atoms with Crippen molar-refractivity contribution in [3.8, 4) is 6.07 Å². The number of benzene rings is 1. The molecule has 1 unspecified atom stereocenters. The average molecular weight is 399 g/mol. The first-order chi connectivity index (χ1) is 9.87. The lowest BCUT2D eigenvalue weighted by molar-refractivity contribution is 0.0619. The van der Waals surface area contributed by atoms with Crippen molar-refractivity contribution in [2.75, 3.05) is 5.75 Å². The first-order valence-electron chi connectivity index (χ1n) is 6.03. The Morgan fingerprint density at radius 2 is 1.95 bits per heavy atom. The molecular weight excluding hydrogens is 385 g/mol. The molecule has 4 nitrogen and oxygen atoms in total. The molecule has 1 rings (SSSR count). The first-order valence-corrected chi connectivity index (χ1v) is 8.48.